The van der Waals surface area contributed by atoms with Crippen LogP contribution in [0.15, 0.2) is 70.5 Å². The van der Waals surface area contributed by atoms with E-state index in [0.717, 1.165) is 34.0 Å². The highest BCUT2D eigenvalue weighted by Gasteiger charge is 2.36. The molecule has 0 spiro atoms. The number of rotatable bonds is 5. The highest BCUT2D eigenvalue weighted by atomic mass is 32.2. The summed E-state index contributed by atoms with van der Waals surface area (Å²) in [6, 6.07) is 13.6. The molecule has 1 aromatic carbocycles. The van der Waals surface area contributed by atoms with Crippen molar-refractivity contribution in [3.05, 3.63) is 82.9 Å². The van der Waals surface area contributed by atoms with Crippen LogP contribution in [0.4, 0.5) is 0 Å². The number of thioether (sulfide) groups is 1. The Balaban J connectivity index is 1.48. The predicted octanol–water partition coefficient (Wildman–Crippen LogP) is 4.56. The van der Waals surface area contributed by atoms with E-state index >= 15 is 0 Å². The van der Waals surface area contributed by atoms with Gasteiger partial charge >= 0.3 is 0 Å². The van der Waals surface area contributed by atoms with Crippen LogP contribution in [0.25, 0.3) is 11.8 Å². The van der Waals surface area contributed by atoms with E-state index in [2.05, 4.69) is 19.6 Å². The fourth-order valence-corrected chi connectivity index (χ4v) is 4.82. The SMILES string of the molecule is CCOc1ccc(-n2c(C)cc(/C=C3/C(=N)N4N=C(c5cccnc5)SC4=NC3=O)c2C)cc1. The molecular formula is C25H22N6O2S. The number of nitrogens with one attached hydrogen (secondary N) is 1. The van der Waals surface area contributed by atoms with Gasteiger partial charge in [-0.25, -0.2) is 0 Å². The fourth-order valence-electron chi connectivity index (χ4n) is 3.94. The molecule has 5 rings (SSSR count). The molecule has 2 aliphatic rings. The molecule has 0 unspecified atom stereocenters. The van der Waals surface area contributed by atoms with Crippen LogP contribution in [0.5, 0.6) is 5.75 Å². The van der Waals surface area contributed by atoms with E-state index in [1.165, 1.54) is 16.8 Å². The second kappa shape index (κ2) is 8.75. The number of amides is 1. The summed E-state index contributed by atoms with van der Waals surface area (Å²) in [6.07, 6.45) is 5.11. The first kappa shape index (κ1) is 21.8. The molecule has 2 aliphatic heterocycles. The second-order valence-electron chi connectivity index (χ2n) is 7.76. The van der Waals surface area contributed by atoms with Crippen molar-refractivity contribution in [3.63, 3.8) is 0 Å². The van der Waals surface area contributed by atoms with E-state index in [1.54, 1.807) is 18.5 Å². The number of hydrogen-bond donors (Lipinski definition) is 1. The standard InChI is InChI=1S/C25H22N6O2S/c1-4-33-20-9-7-19(8-10-20)30-15(2)12-18(16(30)3)13-21-22(26)31-25(28-23(21)32)34-24(29-31)17-6-5-11-27-14-17/h5-14,26H,4H2,1-3H3/b21-13-,26-22?. The zero-order valence-corrected chi connectivity index (χ0v) is 19.8. The van der Waals surface area contributed by atoms with Gasteiger partial charge in [0.1, 0.15) is 10.8 Å². The number of benzene rings is 1. The van der Waals surface area contributed by atoms with E-state index in [9.17, 15) is 4.79 Å². The average Bonchev–Trinajstić information content (AvgIpc) is 3.38. The third kappa shape index (κ3) is 3.84. The summed E-state index contributed by atoms with van der Waals surface area (Å²) in [5, 5.41) is 15.6. The molecule has 0 atom stereocenters. The topological polar surface area (TPSA) is 95.9 Å². The lowest BCUT2D eigenvalue weighted by molar-refractivity contribution is -0.114. The smallest absolute Gasteiger partial charge is 0.283 e. The molecule has 170 valence electrons. The molecule has 0 saturated heterocycles. The Morgan fingerprint density at radius 1 is 1.18 bits per heavy atom. The van der Waals surface area contributed by atoms with Crippen LogP contribution >= 0.6 is 11.8 Å². The van der Waals surface area contributed by atoms with Crippen molar-refractivity contribution in [2.24, 2.45) is 10.1 Å². The zero-order valence-electron chi connectivity index (χ0n) is 18.9. The van der Waals surface area contributed by atoms with Gasteiger partial charge in [0.2, 0.25) is 5.17 Å². The summed E-state index contributed by atoms with van der Waals surface area (Å²) in [5.74, 6) is 0.380. The molecule has 0 fully saturated rings. The lowest BCUT2D eigenvalue weighted by Gasteiger charge is -2.20. The summed E-state index contributed by atoms with van der Waals surface area (Å²) in [7, 11) is 0. The zero-order chi connectivity index (χ0) is 23.8. The summed E-state index contributed by atoms with van der Waals surface area (Å²) >= 11 is 1.26. The molecule has 0 saturated carbocycles. The Labute approximate surface area is 201 Å². The molecule has 8 nitrogen and oxygen atoms in total. The maximum absolute atomic E-state index is 12.8. The second-order valence-corrected chi connectivity index (χ2v) is 8.71. The van der Waals surface area contributed by atoms with Gasteiger partial charge in [-0.1, -0.05) is 0 Å². The van der Waals surface area contributed by atoms with E-state index in [-0.39, 0.29) is 11.4 Å². The fraction of sp³-hybridized carbons (Fsp3) is 0.160. The van der Waals surface area contributed by atoms with Gasteiger partial charge in [0, 0.05) is 35.0 Å². The Kier molecular flexibility index (Phi) is 5.62. The molecule has 1 amide bonds. The lowest BCUT2D eigenvalue weighted by atomic mass is 10.1. The minimum Gasteiger partial charge on any atom is -0.494 e. The van der Waals surface area contributed by atoms with Crippen molar-refractivity contribution in [1.82, 2.24) is 14.6 Å². The van der Waals surface area contributed by atoms with E-state index < -0.39 is 5.91 Å². The molecule has 1 N–H and O–H groups in total. The molecule has 2 aromatic heterocycles. The number of nitrogens with zero attached hydrogens (tertiary/aromatic N) is 5. The van der Waals surface area contributed by atoms with Gasteiger partial charge in [0.05, 0.1) is 12.2 Å². The largest absolute Gasteiger partial charge is 0.494 e. The van der Waals surface area contributed by atoms with Crippen LogP contribution in [0.2, 0.25) is 0 Å². The maximum Gasteiger partial charge on any atom is 0.283 e. The number of aryl methyl sites for hydroxylation is 1. The molecule has 0 radical (unpaired) electrons. The van der Waals surface area contributed by atoms with Crippen LogP contribution in [0.3, 0.4) is 0 Å². The van der Waals surface area contributed by atoms with Crippen LogP contribution in [-0.4, -0.2) is 43.1 Å². The quantitative estimate of drug-likeness (QED) is 0.552. The predicted molar refractivity (Wildman–Crippen MR) is 135 cm³/mol. The van der Waals surface area contributed by atoms with Crippen molar-refractivity contribution in [3.8, 4) is 11.4 Å². The Morgan fingerprint density at radius 2 is 1.97 bits per heavy atom. The maximum atomic E-state index is 12.8. The van der Waals surface area contributed by atoms with Crippen molar-refractivity contribution >= 4 is 39.8 Å². The number of aromatic nitrogens is 2. The normalized spacial score (nSPS) is 16.6. The van der Waals surface area contributed by atoms with Crippen molar-refractivity contribution < 1.29 is 9.53 Å². The first-order chi connectivity index (χ1) is 16.5. The molecule has 4 heterocycles. The number of ether oxygens (including phenoxy) is 1. The number of pyridine rings is 1. The lowest BCUT2D eigenvalue weighted by Crippen LogP contribution is -2.35. The summed E-state index contributed by atoms with van der Waals surface area (Å²) in [5.41, 5.74) is 4.83. The third-order valence-corrected chi connectivity index (χ3v) is 6.50. The van der Waals surface area contributed by atoms with Crippen LogP contribution in [-0.2, 0) is 4.79 Å². The molecule has 34 heavy (non-hydrogen) atoms. The minimum absolute atomic E-state index is 0.00672. The highest BCUT2D eigenvalue weighted by Crippen LogP contribution is 2.31. The average molecular weight is 471 g/mol. The van der Waals surface area contributed by atoms with E-state index in [1.807, 2.05) is 63.2 Å². The van der Waals surface area contributed by atoms with Gasteiger partial charge < -0.3 is 9.30 Å². The number of amidine groups is 2. The van der Waals surface area contributed by atoms with Gasteiger partial charge in [-0.15, -0.1) is 0 Å². The molecule has 9 heteroatoms. The summed E-state index contributed by atoms with van der Waals surface area (Å²) in [4.78, 5) is 21.2. The molecule has 0 bridgehead atoms. The van der Waals surface area contributed by atoms with Crippen LogP contribution < -0.4 is 4.74 Å². The van der Waals surface area contributed by atoms with Crippen LogP contribution in [0.1, 0.15) is 29.4 Å². The van der Waals surface area contributed by atoms with E-state index in [4.69, 9.17) is 10.1 Å². The van der Waals surface area contributed by atoms with Crippen molar-refractivity contribution in [2.75, 3.05) is 6.61 Å². The van der Waals surface area contributed by atoms with E-state index in [0.29, 0.717) is 16.8 Å². The highest BCUT2D eigenvalue weighted by molar-refractivity contribution is 8.27. The van der Waals surface area contributed by atoms with Gasteiger partial charge in [-0.2, -0.15) is 15.1 Å². The summed E-state index contributed by atoms with van der Waals surface area (Å²) in [6.45, 7) is 6.58. The number of carbonyl (C=O) groups excluding carboxylic acids is 1. The van der Waals surface area contributed by atoms with Gasteiger partial charge in [-0.05, 0) is 86.6 Å². The molecule has 3 aromatic rings. The summed E-state index contributed by atoms with van der Waals surface area (Å²) < 4.78 is 7.65. The monoisotopic (exact) mass is 470 g/mol. The van der Waals surface area contributed by atoms with Gasteiger partial charge in [-0.3, -0.25) is 15.2 Å². The Hall–Kier alpha value is -3.98. The van der Waals surface area contributed by atoms with Crippen molar-refractivity contribution in [2.45, 2.75) is 20.8 Å². The van der Waals surface area contributed by atoms with Crippen LogP contribution in [0, 0.1) is 19.3 Å². The number of carbonyl (C=O) groups is 1. The first-order valence-corrected chi connectivity index (χ1v) is 11.6. The van der Waals surface area contributed by atoms with Gasteiger partial charge in [0.25, 0.3) is 5.91 Å². The van der Waals surface area contributed by atoms with Crippen molar-refractivity contribution in [1.29, 1.82) is 5.41 Å². The number of aliphatic imine (C=N–C) groups is 1. The molecule has 0 aliphatic carbocycles. The minimum atomic E-state index is -0.447. The first-order valence-electron chi connectivity index (χ1n) is 10.8. The third-order valence-electron chi connectivity index (χ3n) is 5.54. The Morgan fingerprint density at radius 3 is 2.68 bits per heavy atom. The molecular weight excluding hydrogens is 448 g/mol. The van der Waals surface area contributed by atoms with Gasteiger partial charge in [0.15, 0.2) is 5.84 Å². The number of hydrazone groups is 1. The Bertz CT molecular complexity index is 1390. The number of fused-ring (bicyclic) bond motifs is 1. The number of hydrogen-bond acceptors (Lipinski definition) is 6.